The summed E-state index contributed by atoms with van der Waals surface area (Å²) in [6.07, 6.45) is -0.479. The second-order valence-corrected chi connectivity index (χ2v) is 6.62. The third-order valence-electron chi connectivity index (χ3n) is 4.79. The number of hydrogen-bond acceptors (Lipinski definition) is 6. The SMILES string of the molecule is N#Cc1ccc(C(=O)Nc2ccc(C3OCC(=O)N(CCN)C3CO)cc2)cc1. The highest BCUT2D eigenvalue weighted by atomic mass is 16.5. The molecule has 1 fully saturated rings. The zero-order chi connectivity index (χ0) is 20.8. The van der Waals surface area contributed by atoms with Crippen LogP contribution in [-0.2, 0) is 9.53 Å². The summed E-state index contributed by atoms with van der Waals surface area (Å²) >= 11 is 0. The molecule has 29 heavy (non-hydrogen) atoms. The molecule has 0 radical (unpaired) electrons. The molecule has 2 amide bonds. The molecule has 1 heterocycles. The molecule has 2 aromatic rings. The van der Waals surface area contributed by atoms with Crippen LogP contribution >= 0.6 is 0 Å². The number of benzene rings is 2. The van der Waals surface area contributed by atoms with Crippen LogP contribution in [0.1, 0.15) is 27.6 Å². The number of morpholine rings is 1. The monoisotopic (exact) mass is 394 g/mol. The maximum atomic E-state index is 12.3. The number of hydrogen-bond donors (Lipinski definition) is 3. The van der Waals surface area contributed by atoms with Gasteiger partial charge in [0.05, 0.1) is 24.3 Å². The number of rotatable bonds is 6. The molecule has 2 unspecified atom stereocenters. The summed E-state index contributed by atoms with van der Waals surface area (Å²) in [4.78, 5) is 25.9. The van der Waals surface area contributed by atoms with Crippen LogP contribution in [0.15, 0.2) is 48.5 Å². The molecular formula is C21H22N4O4. The van der Waals surface area contributed by atoms with E-state index in [1.54, 1.807) is 53.4 Å². The summed E-state index contributed by atoms with van der Waals surface area (Å²) in [6.45, 7) is 0.337. The van der Waals surface area contributed by atoms with Crippen LogP contribution in [0.4, 0.5) is 5.69 Å². The van der Waals surface area contributed by atoms with E-state index in [0.717, 1.165) is 5.56 Å². The molecule has 8 nitrogen and oxygen atoms in total. The van der Waals surface area contributed by atoms with Gasteiger partial charge in [-0.1, -0.05) is 12.1 Å². The molecule has 2 atom stereocenters. The number of carbonyl (C=O) groups excluding carboxylic acids is 2. The molecule has 1 aliphatic rings. The van der Waals surface area contributed by atoms with Gasteiger partial charge in [0.15, 0.2) is 0 Å². The standard InChI is InChI=1S/C21H22N4O4/c22-9-10-25-18(12-26)20(29-13-19(25)27)15-5-7-17(8-6-15)24-21(28)16-3-1-14(11-23)2-4-16/h1-8,18,20,26H,9-10,12-13,22H2,(H,24,28). The van der Waals surface area contributed by atoms with E-state index in [9.17, 15) is 14.7 Å². The van der Waals surface area contributed by atoms with Crippen molar-refractivity contribution in [1.82, 2.24) is 4.90 Å². The van der Waals surface area contributed by atoms with Gasteiger partial charge in [-0.05, 0) is 42.0 Å². The lowest BCUT2D eigenvalue weighted by atomic mass is 9.99. The highest BCUT2D eigenvalue weighted by molar-refractivity contribution is 6.04. The van der Waals surface area contributed by atoms with E-state index < -0.39 is 12.1 Å². The van der Waals surface area contributed by atoms with Crippen molar-refractivity contribution >= 4 is 17.5 Å². The summed E-state index contributed by atoms with van der Waals surface area (Å²) in [6, 6.07) is 14.9. The fourth-order valence-electron chi connectivity index (χ4n) is 3.30. The van der Waals surface area contributed by atoms with Crippen molar-refractivity contribution in [2.75, 3.05) is 31.6 Å². The average Bonchev–Trinajstić information content (AvgIpc) is 2.76. The number of aliphatic hydroxyl groups is 1. The molecule has 4 N–H and O–H groups in total. The first-order valence-corrected chi connectivity index (χ1v) is 9.21. The topological polar surface area (TPSA) is 129 Å². The maximum Gasteiger partial charge on any atom is 0.255 e. The summed E-state index contributed by atoms with van der Waals surface area (Å²) in [5.41, 5.74) is 7.89. The Bertz CT molecular complexity index is 906. The van der Waals surface area contributed by atoms with Gasteiger partial charge >= 0.3 is 0 Å². The Morgan fingerprint density at radius 3 is 2.52 bits per heavy atom. The van der Waals surface area contributed by atoms with Crippen molar-refractivity contribution < 1.29 is 19.4 Å². The van der Waals surface area contributed by atoms with Crippen LogP contribution in [-0.4, -0.2) is 54.2 Å². The highest BCUT2D eigenvalue weighted by Gasteiger charge is 2.36. The molecule has 0 aliphatic carbocycles. The average molecular weight is 394 g/mol. The number of nitrogens with zero attached hydrogens (tertiary/aromatic N) is 2. The van der Waals surface area contributed by atoms with Crippen LogP contribution in [0.2, 0.25) is 0 Å². The lowest BCUT2D eigenvalue weighted by molar-refractivity contribution is -0.160. The minimum Gasteiger partial charge on any atom is -0.394 e. The largest absolute Gasteiger partial charge is 0.394 e. The molecule has 0 bridgehead atoms. The second-order valence-electron chi connectivity index (χ2n) is 6.62. The van der Waals surface area contributed by atoms with E-state index >= 15 is 0 Å². The summed E-state index contributed by atoms with van der Waals surface area (Å²) in [5.74, 6) is -0.485. The van der Waals surface area contributed by atoms with E-state index in [-0.39, 0.29) is 25.0 Å². The number of carbonyl (C=O) groups is 2. The number of ether oxygens (including phenoxy) is 1. The van der Waals surface area contributed by atoms with E-state index in [0.29, 0.717) is 29.9 Å². The fraction of sp³-hybridized carbons (Fsp3) is 0.286. The minimum atomic E-state index is -0.515. The Morgan fingerprint density at radius 1 is 1.24 bits per heavy atom. The van der Waals surface area contributed by atoms with Crippen LogP contribution in [0, 0.1) is 11.3 Å². The number of aliphatic hydroxyl groups excluding tert-OH is 1. The Hall–Kier alpha value is -3.25. The lowest BCUT2D eigenvalue weighted by Gasteiger charge is -2.40. The fourth-order valence-corrected chi connectivity index (χ4v) is 3.30. The Morgan fingerprint density at radius 2 is 1.93 bits per heavy atom. The highest BCUT2D eigenvalue weighted by Crippen LogP contribution is 2.29. The van der Waals surface area contributed by atoms with Gasteiger partial charge in [0, 0.05) is 24.3 Å². The van der Waals surface area contributed by atoms with Crippen LogP contribution in [0.5, 0.6) is 0 Å². The van der Waals surface area contributed by atoms with Crippen LogP contribution in [0.3, 0.4) is 0 Å². The van der Waals surface area contributed by atoms with Gasteiger partial charge in [-0.15, -0.1) is 0 Å². The quantitative estimate of drug-likeness (QED) is 0.671. The Labute approximate surface area is 168 Å². The summed E-state index contributed by atoms with van der Waals surface area (Å²) in [5, 5.41) is 21.4. The first-order chi connectivity index (χ1) is 14.1. The molecular weight excluding hydrogens is 372 g/mol. The zero-order valence-electron chi connectivity index (χ0n) is 15.7. The van der Waals surface area contributed by atoms with Crippen molar-refractivity contribution in [1.29, 1.82) is 5.26 Å². The molecule has 0 saturated carbocycles. The molecule has 8 heteroatoms. The molecule has 0 aromatic heterocycles. The smallest absolute Gasteiger partial charge is 0.255 e. The summed E-state index contributed by atoms with van der Waals surface area (Å²) in [7, 11) is 0. The van der Waals surface area contributed by atoms with Crippen molar-refractivity contribution in [3.8, 4) is 6.07 Å². The predicted octanol–water partition coefficient (Wildman–Crippen LogP) is 1.03. The van der Waals surface area contributed by atoms with Gasteiger partial charge in [0.2, 0.25) is 5.91 Å². The number of nitriles is 1. The molecule has 0 spiro atoms. The van der Waals surface area contributed by atoms with Crippen molar-refractivity contribution in [3.05, 3.63) is 65.2 Å². The van der Waals surface area contributed by atoms with E-state index in [4.69, 9.17) is 15.7 Å². The first kappa shape index (κ1) is 20.5. The van der Waals surface area contributed by atoms with Gasteiger partial charge in [-0.25, -0.2) is 0 Å². The van der Waals surface area contributed by atoms with Crippen molar-refractivity contribution in [2.45, 2.75) is 12.1 Å². The number of nitrogens with two attached hydrogens (primary N) is 1. The van der Waals surface area contributed by atoms with Crippen LogP contribution in [0.25, 0.3) is 0 Å². The first-order valence-electron chi connectivity index (χ1n) is 9.21. The third kappa shape index (κ3) is 4.60. The van der Waals surface area contributed by atoms with E-state index in [1.807, 2.05) is 6.07 Å². The van der Waals surface area contributed by atoms with Crippen molar-refractivity contribution in [3.63, 3.8) is 0 Å². The maximum absolute atomic E-state index is 12.3. The van der Waals surface area contributed by atoms with Gasteiger partial charge in [0.1, 0.15) is 12.7 Å². The van der Waals surface area contributed by atoms with E-state index in [2.05, 4.69) is 5.32 Å². The molecule has 1 saturated heterocycles. The Balaban J connectivity index is 1.71. The van der Waals surface area contributed by atoms with Crippen molar-refractivity contribution in [2.24, 2.45) is 5.73 Å². The van der Waals surface area contributed by atoms with Gasteiger partial charge in [0.25, 0.3) is 5.91 Å². The van der Waals surface area contributed by atoms with Gasteiger partial charge < -0.3 is 25.8 Å². The molecule has 150 valence electrons. The van der Waals surface area contributed by atoms with Gasteiger partial charge in [-0.3, -0.25) is 9.59 Å². The lowest BCUT2D eigenvalue weighted by Crippen LogP contribution is -2.54. The normalized spacial score (nSPS) is 18.9. The number of anilines is 1. The zero-order valence-corrected chi connectivity index (χ0v) is 15.7. The number of nitrogens with one attached hydrogen (secondary N) is 1. The van der Waals surface area contributed by atoms with Crippen LogP contribution < -0.4 is 11.1 Å². The molecule has 3 rings (SSSR count). The van der Waals surface area contributed by atoms with Gasteiger partial charge in [-0.2, -0.15) is 5.26 Å². The second kappa shape index (κ2) is 9.30. The summed E-state index contributed by atoms with van der Waals surface area (Å²) < 4.78 is 5.66. The molecule has 2 aromatic carbocycles. The number of amides is 2. The molecule has 1 aliphatic heterocycles. The Kier molecular flexibility index (Phi) is 6.57. The predicted molar refractivity (Wildman–Crippen MR) is 106 cm³/mol. The van der Waals surface area contributed by atoms with E-state index in [1.165, 1.54) is 0 Å². The minimum absolute atomic E-state index is 0.0711. The third-order valence-corrected chi connectivity index (χ3v) is 4.79.